The Morgan fingerprint density at radius 2 is 1.68 bits per heavy atom. The molecule has 0 fully saturated rings. The van der Waals surface area contributed by atoms with E-state index in [1.54, 1.807) is 30.3 Å². The quantitative estimate of drug-likeness (QED) is 0.364. The lowest BCUT2D eigenvalue weighted by Crippen LogP contribution is -2.55. The molecule has 0 unspecified atom stereocenters. The maximum atomic E-state index is 12.3. The van der Waals surface area contributed by atoms with E-state index in [-0.39, 0.29) is 12.8 Å². The van der Waals surface area contributed by atoms with Crippen LogP contribution in [0.1, 0.15) is 18.9 Å². The van der Waals surface area contributed by atoms with Crippen LogP contribution in [-0.2, 0) is 25.6 Å². The predicted octanol–water partition coefficient (Wildman–Crippen LogP) is -1.49. The number of hydrogen-bond acceptors (Lipinski definition) is 5. The number of carboxylic acid groups (broad SMARTS) is 1. The summed E-state index contributed by atoms with van der Waals surface area (Å²) in [6, 6.07) is 5.49. The third-order valence-electron chi connectivity index (χ3n) is 3.40. The van der Waals surface area contributed by atoms with Gasteiger partial charge in [-0.2, -0.15) is 0 Å². The van der Waals surface area contributed by atoms with E-state index in [2.05, 4.69) is 10.6 Å². The predicted molar refractivity (Wildman–Crippen MR) is 89.1 cm³/mol. The SMILES string of the molecule is C[C@H](NC(=O)[C@H](Cc1ccccc1)NC(=O)[C@@H](N)CC(N)=O)C(=O)O. The minimum atomic E-state index is -1.21. The zero-order valence-electron chi connectivity index (χ0n) is 13.8. The molecule has 1 rings (SSSR count). The summed E-state index contributed by atoms with van der Waals surface area (Å²) in [5.74, 6) is -3.34. The summed E-state index contributed by atoms with van der Waals surface area (Å²) < 4.78 is 0. The van der Waals surface area contributed by atoms with E-state index in [0.717, 1.165) is 5.56 Å². The topological polar surface area (TPSA) is 165 Å². The normalized spacial score (nSPS) is 14.0. The molecule has 0 saturated carbocycles. The van der Waals surface area contributed by atoms with Gasteiger partial charge in [-0.3, -0.25) is 19.2 Å². The zero-order chi connectivity index (χ0) is 19.0. The van der Waals surface area contributed by atoms with Crippen molar-refractivity contribution in [3.63, 3.8) is 0 Å². The first-order valence-corrected chi connectivity index (χ1v) is 7.62. The van der Waals surface area contributed by atoms with Crippen LogP contribution in [-0.4, -0.2) is 46.9 Å². The van der Waals surface area contributed by atoms with Crippen molar-refractivity contribution >= 4 is 23.7 Å². The van der Waals surface area contributed by atoms with Crippen LogP contribution >= 0.6 is 0 Å². The molecule has 0 saturated heterocycles. The van der Waals surface area contributed by atoms with Crippen molar-refractivity contribution in [2.45, 2.75) is 37.9 Å². The number of carbonyl (C=O) groups is 4. The van der Waals surface area contributed by atoms with Gasteiger partial charge < -0.3 is 27.2 Å². The van der Waals surface area contributed by atoms with Gasteiger partial charge in [0.25, 0.3) is 0 Å². The van der Waals surface area contributed by atoms with Crippen molar-refractivity contribution < 1.29 is 24.3 Å². The molecule has 136 valence electrons. The average Bonchev–Trinajstić information content (AvgIpc) is 2.54. The van der Waals surface area contributed by atoms with Gasteiger partial charge in [0, 0.05) is 6.42 Å². The fourth-order valence-electron chi connectivity index (χ4n) is 2.02. The van der Waals surface area contributed by atoms with Crippen molar-refractivity contribution in [2.24, 2.45) is 11.5 Å². The van der Waals surface area contributed by atoms with E-state index >= 15 is 0 Å². The number of carboxylic acids is 1. The number of hydrogen-bond donors (Lipinski definition) is 5. The molecule has 0 heterocycles. The molecule has 0 aliphatic heterocycles. The van der Waals surface area contributed by atoms with Crippen LogP contribution in [0.5, 0.6) is 0 Å². The highest BCUT2D eigenvalue weighted by Crippen LogP contribution is 2.05. The lowest BCUT2D eigenvalue weighted by Gasteiger charge is -2.21. The second kappa shape index (κ2) is 9.38. The maximum Gasteiger partial charge on any atom is 0.325 e. The highest BCUT2D eigenvalue weighted by molar-refractivity contribution is 5.93. The van der Waals surface area contributed by atoms with Gasteiger partial charge in [-0.1, -0.05) is 30.3 Å². The molecule has 0 radical (unpaired) electrons. The molecule has 25 heavy (non-hydrogen) atoms. The fraction of sp³-hybridized carbons (Fsp3) is 0.375. The van der Waals surface area contributed by atoms with Crippen LogP contribution in [0.3, 0.4) is 0 Å². The number of nitrogens with two attached hydrogens (primary N) is 2. The van der Waals surface area contributed by atoms with E-state index in [1.807, 2.05) is 0 Å². The smallest absolute Gasteiger partial charge is 0.325 e. The minimum Gasteiger partial charge on any atom is -0.480 e. The van der Waals surface area contributed by atoms with Gasteiger partial charge >= 0.3 is 5.97 Å². The Balaban J connectivity index is 2.86. The number of primary amides is 1. The van der Waals surface area contributed by atoms with Crippen molar-refractivity contribution in [1.29, 1.82) is 0 Å². The first kappa shape index (κ1) is 20.1. The molecule has 0 bridgehead atoms. The van der Waals surface area contributed by atoms with Gasteiger partial charge in [0.1, 0.15) is 12.1 Å². The van der Waals surface area contributed by atoms with Crippen molar-refractivity contribution in [2.75, 3.05) is 0 Å². The molecule has 0 aliphatic rings. The first-order chi connectivity index (χ1) is 11.7. The van der Waals surface area contributed by atoms with Gasteiger partial charge in [0.05, 0.1) is 12.5 Å². The molecule has 1 aromatic carbocycles. The molecule has 7 N–H and O–H groups in total. The van der Waals surface area contributed by atoms with Gasteiger partial charge in [0.15, 0.2) is 0 Å². The van der Waals surface area contributed by atoms with Gasteiger partial charge in [-0.25, -0.2) is 0 Å². The second-order valence-corrected chi connectivity index (χ2v) is 5.60. The van der Waals surface area contributed by atoms with Crippen molar-refractivity contribution in [3.8, 4) is 0 Å². The Morgan fingerprint density at radius 3 is 2.20 bits per heavy atom. The molecular formula is C16H22N4O5. The van der Waals surface area contributed by atoms with Crippen LogP contribution in [0.25, 0.3) is 0 Å². The lowest BCUT2D eigenvalue weighted by molar-refractivity contribution is -0.141. The second-order valence-electron chi connectivity index (χ2n) is 5.60. The van der Waals surface area contributed by atoms with Gasteiger partial charge in [0.2, 0.25) is 17.7 Å². The average molecular weight is 350 g/mol. The monoisotopic (exact) mass is 350 g/mol. The summed E-state index contributed by atoms with van der Waals surface area (Å²) in [4.78, 5) is 46.1. The molecule has 3 amide bonds. The number of aliphatic carboxylic acids is 1. The third kappa shape index (κ3) is 7.00. The van der Waals surface area contributed by atoms with Crippen LogP contribution < -0.4 is 22.1 Å². The third-order valence-corrected chi connectivity index (χ3v) is 3.40. The molecule has 1 aromatic rings. The van der Waals surface area contributed by atoms with Crippen molar-refractivity contribution in [1.82, 2.24) is 10.6 Å². The Morgan fingerprint density at radius 1 is 1.08 bits per heavy atom. The Kier molecular flexibility index (Phi) is 7.54. The Hall–Kier alpha value is -2.94. The van der Waals surface area contributed by atoms with Gasteiger partial charge in [-0.15, -0.1) is 0 Å². The lowest BCUT2D eigenvalue weighted by atomic mass is 10.0. The number of carbonyl (C=O) groups excluding carboxylic acids is 3. The fourth-order valence-corrected chi connectivity index (χ4v) is 2.02. The summed E-state index contributed by atoms with van der Waals surface area (Å²) in [5, 5.41) is 13.6. The van der Waals surface area contributed by atoms with E-state index < -0.39 is 41.8 Å². The zero-order valence-corrected chi connectivity index (χ0v) is 13.8. The van der Waals surface area contributed by atoms with Crippen LogP contribution in [0, 0.1) is 0 Å². The summed E-state index contributed by atoms with van der Waals surface area (Å²) in [6.45, 7) is 1.31. The Bertz CT molecular complexity index is 635. The molecule has 3 atom stereocenters. The summed E-state index contributed by atoms with van der Waals surface area (Å²) in [5.41, 5.74) is 11.3. The van der Waals surface area contributed by atoms with E-state index in [4.69, 9.17) is 16.6 Å². The number of benzene rings is 1. The molecule has 0 aliphatic carbocycles. The summed E-state index contributed by atoms with van der Waals surface area (Å²) in [6.07, 6.45) is -0.231. The summed E-state index contributed by atoms with van der Waals surface area (Å²) in [7, 11) is 0. The highest BCUT2D eigenvalue weighted by Gasteiger charge is 2.27. The summed E-state index contributed by atoms with van der Waals surface area (Å²) >= 11 is 0. The van der Waals surface area contributed by atoms with Crippen molar-refractivity contribution in [3.05, 3.63) is 35.9 Å². The number of rotatable bonds is 9. The Labute approximate surface area is 144 Å². The maximum absolute atomic E-state index is 12.3. The first-order valence-electron chi connectivity index (χ1n) is 7.62. The number of nitrogens with one attached hydrogen (secondary N) is 2. The molecule has 0 aromatic heterocycles. The van der Waals surface area contributed by atoms with Gasteiger partial charge in [-0.05, 0) is 12.5 Å². The van der Waals surface area contributed by atoms with E-state index in [0.29, 0.717) is 0 Å². The highest BCUT2D eigenvalue weighted by atomic mass is 16.4. The largest absolute Gasteiger partial charge is 0.480 e. The number of amides is 3. The van der Waals surface area contributed by atoms with Crippen LogP contribution in [0.15, 0.2) is 30.3 Å². The molecule has 9 heteroatoms. The minimum absolute atomic E-state index is 0.133. The molecular weight excluding hydrogens is 328 g/mol. The van der Waals surface area contributed by atoms with E-state index in [9.17, 15) is 19.2 Å². The van der Waals surface area contributed by atoms with Crippen LogP contribution in [0.2, 0.25) is 0 Å². The van der Waals surface area contributed by atoms with Crippen LogP contribution in [0.4, 0.5) is 0 Å². The standard InChI is InChI=1S/C16H22N4O5/c1-9(16(24)25)19-15(23)12(7-10-5-3-2-4-6-10)20-14(22)11(17)8-13(18)21/h2-6,9,11-12H,7-8,17H2,1H3,(H2,18,21)(H,19,23)(H,20,22)(H,24,25)/t9-,11-,12-/m0/s1. The molecule has 9 nitrogen and oxygen atoms in total. The van der Waals surface area contributed by atoms with E-state index in [1.165, 1.54) is 6.92 Å². The molecule has 0 spiro atoms.